The summed E-state index contributed by atoms with van der Waals surface area (Å²) in [7, 11) is 0. The highest BCUT2D eigenvalue weighted by molar-refractivity contribution is 5.86. The SMILES string of the molecule is CCOC(=O)CCCCN(C(=O)OC(C)(C)C)c1cc(C)ccn1. The zero-order valence-electron chi connectivity index (χ0n) is 15.3. The van der Waals surface area contributed by atoms with Crippen molar-refractivity contribution in [1.29, 1.82) is 0 Å². The molecule has 1 amide bonds. The van der Waals surface area contributed by atoms with Crippen LogP contribution in [0.5, 0.6) is 0 Å². The molecule has 6 nitrogen and oxygen atoms in total. The molecule has 0 aliphatic rings. The summed E-state index contributed by atoms with van der Waals surface area (Å²) in [6.45, 7) is 10.0. The number of aromatic nitrogens is 1. The molecular formula is C18H28N2O4. The largest absolute Gasteiger partial charge is 0.466 e. The Balaban J connectivity index is 2.71. The summed E-state index contributed by atoms with van der Waals surface area (Å²) in [5.74, 6) is 0.343. The summed E-state index contributed by atoms with van der Waals surface area (Å²) >= 11 is 0. The summed E-state index contributed by atoms with van der Waals surface area (Å²) in [4.78, 5) is 29.6. The van der Waals surface area contributed by atoms with Crippen LogP contribution in [-0.4, -0.2) is 35.8 Å². The minimum absolute atomic E-state index is 0.213. The van der Waals surface area contributed by atoms with Gasteiger partial charge in [0, 0.05) is 19.2 Å². The third-order valence-corrected chi connectivity index (χ3v) is 3.11. The van der Waals surface area contributed by atoms with Gasteiger partial charge >= 0.3 is 12.1 Å². The molecule has 6 heteroatoms. The molecular weight excluding hydrogens is 308 g/mol. The van der Waals surface area contributed by atoms with Gasteiger partial charge in [0.15, 0.2) is 0 Å². The van der Waals surface area contributed by atoms with Gasteiger partial charge in [-0.1, -0.05) is 0 Å². The smallest absolute Gasteiger partial charge is 0.416 e. The average molecular weight is 336 g/mol. The number of amides is 1. The summed E-state index contributed by atoms with van der Waals surface area (Å²) < 4.78 is 10.4. The van der Waals surface area contributed by atoms with Crippen molar-refractivity contribution in [2.24, 2.45) is 0 Å². The average Bonchev–Trinajstić information content (AvgIpc) is 2.45. The Hall–Kier alpha value is -2.11. The Bertz CT molecular complexity index is 552. The van der Waals surface area contributed by atoms with E-state index in [2.05, 4.69) is 4.98 Å². The molecule has 1 aromatic heterocycles. The molecule has 0 atom stereocenters. The normalized spacial score (nSPS) is 11.0. The van der Waals surface area contributed by atoms with Crippen LogP contribution in [0.1, 0.15) is 52.5 Å². The number of anilines is 1. The van der Waals surface area contributed by atoms with Gasteiger partial charge < -0.3 is 9.47 Å². The number of hydrogen-bond donors (Lipinski definition) is 0. The van der Waals surface area contributed by atoms with Crippen LogP contribution in [0.3, 0.4) is 0 Å². The quantitative estimate of drug-likeness (QED) is 0.558. The minimum atomic E-state index is -0.579. The molecule has 0 radical (unpaired) electrons. The molecule has 0 aromatic carbocycles. The number of unbranched alkanes of at least 4 members (excludes halogenated alkanes) is 1. The second-order valence-electron chi connectivity index (χ2n) is 6.59. The summed E-state index contributed by atoms with van der Waals surface area (Å²) in [5, 5.41) is 0. The molecule has 1 heterocycles. The van der Waals surface area contributed by atoms with Crippen molar-refractivity contribution in [2.75, 3.05) is 18.1 Å². The molecule has 0 saturated heterocycles. The van der Waals surface area contributed by atoms with Crippen LogP contribution in [0, 0.1) is 6.92 Å². The van der Waals surface area contributed by atoms with Crippen molar-refractivity contribution < 1.29 is 19.1 Å². The second-order valence-corrected chi connectivity index (χ2v) is 6.59. The molecule has 0 fully saturated rings. The number of ether oxygens (including phenoxy) is 2. The van der Waals surface area contributed by atoms with Crippen LogP contribution in [-0.2, 0) is 14.3 Å². The van der Waals surface area contributed by atoms with Gasteiger partial charge in [-0.25, -0.2) is 9.78 Å². The van der Waals surface area contributed by atoms with Crippen molar-refractivity contribution in [3.8, 4) is 0 Å². The van der Waals surface area contributed by atoms with Gasteiger partial charge in [0.1, 0.15) is 11.4 Å². The van der Waals surface area contributed by atoms with E-state index < -0.39 is 11.7 Å². The Morgan fingerprint density at radius 2 is 1.96 bits per heavy atom. The van der Waals surface area contributed by atoms with Crippen LogP contribution >= 0.6 is 0 Å². The third-order valence-electron chi connectivity index (χ3n) is 3.11. The van der Waals surface area contributed by atoms with Crippen molar-refractivity contribution in [3.63, 3.8) is 0 Å². The Morgan fingerprint density at radius 3 is 2.54 bits per heavy atom. The zero-order chi connectivity index (χ0) is 18.2. The van der Waals surface area contributed by atoms with Gasteiger partial charge in [-0.05, 0) is 65.2 Å². The van der Waals surface area contributed by atoms with E-state index in [1.807, 2.05) is 39.8 Å². The molecule has 0 spiro atoms. The fourth-order valence-corrected chi connectivity index (χ4v) is 2.06. The van der Waals surface area contributed by atoms with Gasteiger partial charge in [-0.2, -0.15) is 0 Å². The van der Waals surface area contributed by atoms with E-state index in [-0.39, 0.29) is 5.97 Å². The highest BCUT2D eigenvalue weighted by Gasteiger charge is 2.24. The Kier molecular flexibility index (Phi) is 7.68. The van der Waals surface area contributed by atoms with Gasteiger partial charge in [-0.15, -0.1) is 0 Å². The molecule has 24 heavy (non-hydrogen) atoms. The minimum Gasteiger partial charge on any atom is -0.466 e. The maximum absolute atomic E-state index is 12.5. The lowest BCUT2D eigenvalue weighted by atomic mass is 10.2. The monoisotopic (exact) mass is 336 g/mol. The standard InChI is InChI=1S/C18H28N2O4/c1-6-23-16(21)9-7-8-12-20(17(22)24-18(3,4)5)15-13-14(2)10-11-19-15/h10-11,13H,6-9,12H2,1-5H3. The number of pyridine rings is 1. The fraction of sp³-hybridized carbons (Fsp3) is 0.611. The first kappa shape index (κ1) is 19.9. The van der Waals surface area contributed by atoms with Crippen LogP contribution in [0.15, 0.2) is 18.3 Å². The van der Waals surface area contributed by atoms with Crippen molar-refractivity contribution in [3.05, 3.63) is 23.9 Å². The van der Waals surface area contributed by atoms with Crippen LogP contribution < -0.4 is 4.90 Å². The third kappa shape index (κ3) is 7.44. The van der Waals surface area contributed by atoms with Gasteiger partial charge in [-0.3, -0.25) is 9.69 Å². The lowest BCUT2D eigenvalue weighted by Gasteiger charge is -2.27. The van der Waals surface area contributed by atoms with Gasteiger partial charge in [0.2, 0.25) is 0 Å². The van der Waals surface area contributed by atoms with E-state index >= 15 is 0 Å². The molecule has 0 saturated carbocycles. The number of nitrogens with zero attached hydrogens (tertiary/aromatic N) is 2. The van der Waals surface area contributed by atoms with E-state index in [1.54, 1.807) is 13.1 Å². The molecule has 0 N–H and O–H groups in total. The lowest BCUT2D eigenvalue weighted by molar-refractivity contribution is -0.143. The first-order chi connectivity index (χ1) is 11.2. The summed E-state index contributed by atoms with van der Waals surface area (Å²) in [5.41, 5.74) is 0.435. The van der Waals surface area contributed by atoms with Crippen LogP contribution in [0.25, 0.3) is 0 Å². The van der Waals surface area contributed by atoms with E-state index in [9.17, 15) is 9.59 Å². The maximum Gasteiger partial charge on any atom is 0.416 e. The van der Waals surface area contributed by atoms with E-state index in [0.29, 0.717) is 38.2 Å². The van der Waals surface area contributed by atoms with Crippen molar-refractivity contribution in [2.45, 2.75) is 59.5 Å². The molecule has 0 aliphatic heterocycles. The molecule has 0 unspecified atom stereocenters. The van der Waals surface area contributed by atoms with E-state index in [0.717, 1.165) is 5.56 Å². The summed E-state index contributed by atoms with van der Waals surface area (Å²) in [6.07, 6.45) is 2.88. The van der Waals surface area contributed by atoms with Gasteiger partial charge in [0.25, 0.3) is 0 Å². The molecule has 1 rings (SSSR count). The number of hydrogen-bond acceptors (Lipinski definition) is 5. The van der Waals surface area contributed by atoms with Crippen molar-refractivity contribution in [1.82, 2.24) is 4.98 Å². The maximum atomic E-state index is 12.5. The fourth-order valence-electron chi connectivity index (χ4n) is 2.06. The van der Waals surface area contributed by atoms with Crippen LogP contribution in [0.2, 0.25) is 0 Å². The van der Waals surface area contributed by atoms with E-state index in [1.165, 1.54) is 4.90 Å². The first-order valence-electron chi connectivity index (χ1n) is 8.31. The molecule has 134 valence electrons. The van der Waals surface area contributed by atoms with Crippen LogP contribution in [0.4, 0.5) is 10.6 Å². The zero-order valence-corrected chi connectivity index (χ0v) is 15.3. The van der Waals surface area contributed by atoms with Crippen molar-refractivity contribution >= 4 is 17.9 Å². The molecule has 1 aromatic rings. The predicted octanol–water partition coefficient (Wildman–Crippen LogP) is 3.86. The Morgan fingerprint density at radius 1 is 1.25 bits per heavy atom. The molecule has 0 bridgehead atoms. The number of carbonyl (C=O) groups is 2. The second kappa shape index (κ2) is 9.25. The number of esters is 1. The lowest BCUT2D eigenvalue weighted by Crippen LogP contribution is -2.38. The predicted molar refractivity (Wildman–Crippen MR) is 93.0 cm³/mol. The van der Waals surface area contributed by atoms with Gasteiger partial charge in [0.05, 0.1) is 6.61 Å². The number of carbonyl (C=O) groups excluding carboxylic acids is 2. The highest BCUT2D eigenvalue weighted by Crippen LogP contribution is 2.18. The highest BCUT2D eigenvalue weighted by atomic mass is 16.6. The first-order valence-corrected chi connectivity index (χ1v) is 8.31. The topological polar surface area (TPSA) is 68.7 Å². The molecule has 0 aliphatic carbocycles. The van der Waals surface area contributed by atoms with E-state index in [4.69, 9.17) is 9.47 Å². The summed E-state index contributed by atoms with van der Waals surface area (Å²) in [6, 6.07) is 3.72. The number of aryl methyl sites for hydroxylation is 1. The number of rotatable bonds is 7. The Labute approximate surface area is 144 Å².